The number of aliphatic hydroxyl groups excluding tert-OH is 1. The number of hydrogen-bond donors (Lipinski definition) is 1. The highest BCUT2D eigenvalue weighted by atomic mass is 32.1. The minimum absolute atomic E-state index is 0.144. The number of nitrogens with zero attached hydrogens (tertiary/aromatic N) is 2. The number of aromatic nitrogens is 2. The van der Waals surface area contributed by atoms with Gasteiger partial charge < -0.3 is 14.6 Å². The van der Waals surface area contributed by atoms with E-state index in [0.29, 0.717) is 11.8 Å². The Morgan fingerprint density at radius 1 is 1.09 bits per heavy atom. The Labute approximate surface area is 140 Å². The lowest BCUT2D eigenvalue weighted by atomic mass is 9.84. The number of hydrogen-bond acceptors (Lipinski definition) is 6. The zero-order chi connectivity index (χ0) is 15.9. The van der Waals surface area contributed by atoms with Crippen LogP contribution in [0.4, 0.5) is 0 Å². The molecular formula is C17H22N2O3S. The fourth-order valence-corrected chi connectivity index (χ4v) is 3.28. The molecule has 1 atom stereocenters. The molecule has 0 saturated heterocycles. The zero-order valence-electron chi connectivity index (χ0n) is 13.1. The maximum atomic E-state index is 9.87. The van der Waals surface area contributed by atoms with Crippen molar-refractivity contribution < 1.29 is 14.6 Å². The molecule has 1 aliphatic rings. The average molecular weight is 334 g/mol. The van der Waals surface area contributed by atoms with Crippen molar-refractivity contribution in [2.45, 2.75) is 44.1 Å². The summed E-state index contributed by atoms with van der Waals surface area (Å²) in [6.07, 6.45) is 7.46. The van der Waals surface area contributed by atoms with E-state index in [1.165, 1.54) is 43.9 Å². The third-order valence-electron chi connectivity index (χ3n) is 4.16. The summed E-state index contributed by atoms with van der Waals surface area (Å²) >= 11 is 1.08. The van der Waals surface area contributed by atoms with Crippen LogP contribution in [0.25, 0.3) is 0 Å². The highest BCUT2D eigenvalue weighted by Crippen LogP contribution is 2.33. The van der Waals surface area contributed by atoms with Crippen molar-refractivity contribution in [1.82, 2.24) is 8.75 Å². The SMILES string of the molecule is OC(COc1ccc(C2CCCCC2)cc1)COc1cnsn1. The van der Waals surface area contributed by atoms with E-state index in [4.69, 9.17) is 9.47 Å². The van der Waals surface area contributed by atoms with Crippen LogP contribution in [-0.4, -0.2) is 33.2 Å². The van der Waals surface area contributed by atoms with Crippen LogP contribution in [0.2, 0.25) is 0 Å². The topological polar surface area (TPSA) is 64.5 Å². The van der Waals surface area contributed by atoms with Gasteiger partial charge in [-0.1, -0.05) is 31.4 Å². The summed E-state index contributed by atoms with van der Waals surface area (Å²) < 4.78 is 18.7. The standard InChI is InChI=1S/C17H22N2O3S/c20-15(12-22-17-10-18-23-19-17)11-21-16-8-6-14(7-9-16)13-4-2-1-3-5-13/h6-10,13,15,20H,1-5,11-12H2. The molecule has 0 aliphatic heterocycles. The van der Waals surface area contributed by atoms with E-state index in [0.717, 1.165) is 17.5 Å². The number of benzene rings is 1. The van der Waals surface area contributed by atoms with Crippen molar-refractivity contribution in [3.63, 3.8) is 0 Å². The quantitative estimate of drug-likeness (QED) is 0.840. The summed E-state index contributed by atoms with van der Waals surface area (Å²) in [5, 5.41) is 9.87. The first kappa shape index (κ1) is 16.2. The third-order valence-corrected chi connectivity index (χ3v) is 4.63. The van der Waals surface area contributed by atoms with E-state index in [1.54, 1.807) is 0 Å². The molecule has 3 rings (SSSR count). The second-order valence-electron chi connectivity index (χ2n) is 5.93. The van der Waals surface area contributed by atoms with E-state index >= 15 is 0 Å². The molecule has 1 heterocycles. The van der Waals surface area contributed by atoms with Gasteiger partial charge in [-0.05, 0) is 36.5 Å². The Hall–Kier alpha value is -1.66. The summed E-state index contributed by atoms with van der Waals surface area (Å²) in [5.41, 5.74) is 1.40. The summed E-state index contributed by atoms with van der Waals surface area (Å²) in [6.45, 7) is 0.339. The largest absolute Gasteiger partial charge is 0.491 e. The molecule has 6 heteroatoms. The molecule has 0 bridgehead atoms. The average Bonchev–Trinajstić information content (AvgIpc) is 3.13. The summed E-state index contributed by atoms with van der Waals surface area (Å²) in [5.74, 6) is 1.91. The van der Waals surface area contributed by atoms with Crippen molar-refractivity contribution in [3.8, 4) is 11.6 Å². The van der Waals surface area contributed by atoms with E-state index in [-0.39, 0.29) is 13.2 Å². The Kier molecular flexibility index (Phi) is 5.82. The Balaban J connectivity index is 1.42. The van der Waals surface area contributed by atoms with Crippen LogP contribution in [0, 0.1) is 0 Å². The molecule has 1 unspecified atom stereocenters. The third kappa shape index (κ3) is 4.91. The lowest BCUT2D eigenvalue weighted by Gasteiger charge is -2.22. The van der Waals surface area contributed by atoms with E-state index in [1.807, 2.05) is 12.1 Å². The van der Waals surface area contributed by atoms with Gasteiger partial charge in [0.05, 0.1) is 11.7 Å². The number of rotatable bonds is 7. The van der Waals surface area contributed by atoms with Crippen LogP contribution >= 0.6 is 11.7 Å². The van der Waals surface area contributed by atoms with Gasteiger partial charge in [0, 0.05) is 0 Å². The van der Waals surface area contributed by atoms with Gasteiger partial charge in [-0.2, -0.15) is 4.37 Å². The van der Waals surface area contributed by atoms with Gasteiger partial charge in [-0.25, -0.2) is 0 Å². The van der Waals surface area contributed by atoms with E-state index in [9.17, 15) is 5.11 Å². The first-order valence-electron chi connectivity index (χ1n) is 8.12. The highest BCUT2D eigenvalue weighted by Gasteiger charge is 2.15. The van der Waals surface area contributed by atoms with Crippen molar-refractivity contribution in [2.24, 2.45) is 0 Å². The van der Waals surface area contributed by atoms with Crippen LogP contribution in [0.1, 0.15) is 43.6 Å². The molecule has 1 fully saturated rings. The van der Waals surface area contributed by atoms with Gasteiger partial charge in [-0.3, -0.25) is 0 Å². The minimum atomic E-state index is -0.699. The monoisotopic (exact) mass is 334 g/mol. The van der Waals surface area contributed by atoms with Gasteiger partial charge in [-0.15, -0.1) is 4.37 Å². The predicted octanol–water partition coefficient (Wildman–Crippen LogP) is 3.40. The van der Waals surface area contributed by atoms with Crippen molar-refractivity contribution in [1.29, 1.82) is 0 Å². The first-order chi connectivity index (χ1) is 11.3. The highest BCUT2D eigenvalue weighted by molar-refractivity contribution is 6.99. The van der Waals surface area contributed by atoms with Crippen LogP contribution in [0.15, 0.2) is 30.5 Å². The Bertz CT molecular complexity index is 568. The zero-order valence-corrected chi connectivity index (χ0v) is 13.9. The molecule has 0 amide bonds. The minimum Gasteiger partial charge on any atom is -0.491 e. The van der Waals surface area contributed by atoms with Crippen molar-refractivity contribution >= 4 is 11.7 Å². The fraction of sp³-hybridized carbons (Fsp3) is 0.529. The Morgan fingerprint density at radius 2 is 1.83 bits per heavy atom. The summed E-state index contributed by atoms with van der Waals surface area (Å²) in [7, 11) is 0. The van der Waals surface area contributed by atoms with Crippen LogP contribution in [-0.2, 0) is 0 Å². The second-order valence-corrected chi connectivity index (χ2v) is 6.48. The van der Waals surface area contributed by atoms with Crippen LogP contribution < -0.4 is 9.47 Å². The van der Waals surface area contributed by atoms with Gasteiger partial charge >= 0.3 is 0 Å². The number of ether oxygens (including phenoxy) is 2. The van der Waals surface area contributed by atoms with E-state index < -0.39 is 6.10 Å². The molecule has 1 aliphatic carbocycles. The molecule has 0 radical (unpaired) electrons. The smallest absolute Gasteiger partial charge is 0.245 e. The maximum Gasteiger partial charge on any atom is 0.245 e. The fourth-order valence-electron chi connectivity index (χ4n) is 2.91. The molecule has 124 valence electrons. The summed E-state index contributed by atoms with van der Waals surface area (Å²) in [4.78, 5) is 0. The lowest BCUT2D eigenvalue weighted by molar-refractivity contribution is 0.0613. The molecule has 5 nitrogen and oxygen atoms in total. The summed E-state index contributed by atoms with van der Waals surface area (Å²) in [6, 6.07) is 8.27. The van der Waals surface area contributed by atoms with Gasteiger partial charge in [0.15, 0.2) is 0 Å². The molecule has 1 aromatic carbocycles. The molecule has 0 spiro atoms. The van der Waals surface area contributed by atoms with E-state index in [2.05, 4.69) is 20.9 Å². The Morgan fingerprint density at radius 3 is 2.52 bits per heavy atom. The first-order valence-corrected chi connectivity index (χ1v) is 8.85. The van der Waals surface area contributed by atoms with Crippen LogP contribution in [0.3, 0.4) is 0 Å². The molecule has 2 aromatic rings. The van der Waals surface area contributed by atoms with Gasteiger partial charge in [0.25, 0.3) is 0 Å². The molecule has 1 saturated carbocycles. The van der Waals surface area contributed by atoms with Crippen molar-refractivity contribution in [3.05, 3.63) is 36.0 Å². The molecule has 1 N–H and O–H groups in total. The second kappa shape index (κ2) is 8.26. The predicted molar refractivity (Wildman–Crippen MR) is 89.2 cm³/mol. The normalized spacial score (nSPS) is 16.9. The lowest BCUT2D eigenvalue weighted by Crippen LogP contribution is -2.25. The van der Waals surface area contributed by atoms with Gasteiger partial charge in [0.1, 0.15) is 31.3 Å². The molecule has 1 aromatic heterocycles. The van der Waals surface area contributed by atoms with Gasteiger partial charge in [0.2, 0.25) is 5.88 Å². The molecular weight excluding hydrogens is 312 g/mol. The number of aliphatic hydroxyl groups is 1. The molecule has 23 heavy (non-hydrogen) atoms. The van der Waals surface area contributed by atoms with Crippen molar-refractivity contribution in [2.75, 3.05) is 13.2 Å². The maximum absolute atomic E-state index is 9.87. The van der Waals surface area contributed by atoms with Crippen LogP contribution in [0.5, 0.6) is 11.6 Å².